The van der Waals surface area contributed by atoms with Crippen LogP contribution in [-0.4, -0.2) is 48.5 Å². The monoisotopic (exact) mass is 411 g/mol. The molecule has 0 atom stereocenters. The van der Waals surface area contributed by atoms with Gasteiger partial charge in [-0.3, -0.25) is 19.8 Å². The van der Waals surface area contributed by atoms with Crippen molar-refractivity contribution in [2.45, 2.75) is 6.18 Å². The van der Waals surface area contributed by atoms with E-state index in [1.165, 1.54) is 30.3 Å². The van der Waals surface area contributed by atoms with Crippen LogP contribution in [0.2, 0.25) is 0 Å². The molecule has 0 aliphatic carbocycles. The molecule has 8 nitrogen and oxygen atoms in total. The van der Waals surface area contributed by atoms with Gasteiger partial charge in [-0.05, 0) is 18.2 Å². The van der Waals surface area contributed by atoms with Gasteiger partial charge in [-0.25, -0.2) is 4.98 Å². The third-order valence-corrected chi connectivity index (χ3v) is 4.51. The lowest BCUT2D eigenvalue weighted by atomic mass is 10.2. The predicted molar refractivity (Wildman–Crippen MR) is 95.4 cm³/mol. The van der Waals surface area contributed by atoms with Gasteiger partial charge < -0.3 is 9.64 Å². The topological polar surface area (TPSA) is 90.1 Å². The Balaban J connectivity index is 1.48. The summed E-state index contributed by atoms with van der Waals surface area (Å²) >= 11 is 0. The number of non-ortho nitro benzene ring substituents is 1. The number of amides is 1. The lowest BCUT2D eigenvalue weighted by Crippen LogP contribution is -2.51. The SMILES string of the molecule is O=C(COc1ccc([N+](=O)[O-])cc1)N1CCN(c2ccc(C(F)(F)F)c[nH+]2)CC1. The highest BCUT2D eigenvalue weighted by Crippen LogP contribution is 2.28. The van der Waals surface area contributed by atoms with Gasteiger partial charge in [-0.15, -0.1) is 0 Å². The summed E-state index contributed by atoms with van der Waals surface area (Å²) in [5, 5.41) is 10.6. The lowest BCUT2D eigenvalue weighted by molar-refractivity contribution is -0.384. The van der Waals surface area contributed by atoms with Crippen LogP contribution in [0.15, 0.2) is 42.6 Å². The van der Waals surface area contributed by atoms with Gasteiger partial charge in [-0.1, -0.05) is 0 Å². The van der Waals surface area contributed by atoms with Crippen LogP contribution in [0, 0.1) is 10.1 Å². The average Bonchev–Trinajstić information content (AvgIpc) is 2.72. The van der Waals surface area contributed by atoms with Crippen LogP contribution in [0.25, 0.3) is 0 Å². The molecule has 1 fully saturated rings. The molecule has 1 aliphatic heterocycles. The number of hydrogen-bond donors (Lipinski definition) is 0. The van der Waals surface area contributed by atoms with Crippen LogP contribution in [-0.2, 0) is 11.0 Å². The summed E-state index contributed by atoms with van der Waals surface area (Å²) in [6, 6.07) is 7.81. The summed E-state index contributed by atoms with van der Waals surface area (Å²) in [6.45, 7) is 1.52. The van der Waals surface area contributed by atoms with Crippen molar-refractivity contribution < 1.29 is 32.6 Å². The third-order valence-electron chi connectivity index (χ3n) is 4.51. The second-order valence-electron chi connectivity index (χ2n) is 6.37. The molecule has 154 valence electrons. The number of rotatable bonds is 5. The van der Waals surface area contributed by atoms with Crippen molar-refractivity contribution in [1.29, 1.82) is 0 Å². The first-order valence-electron chi connectivity index (χ1n) is 8.73. The molecule has 0 unspecified atom stereocenters. The molecule has 1 amide bonds. The molecule has 0 bridgehead atoms. The van der Waals surface area contributed by atoms with Gasteiger partial charge in [0.15, 0.2) is 6.61 Å². The molecule has 11 heteroatoms. The molecule has 1 saturated heterocycles. The molecule has 2 aromatic rings. The number of pyridine rings is 1. The summed E-state index contributed by atoms with van der Waals surface area (Å²) in [5.41, 5.74) is -0.821. The molecule has 1 aromatic carbocycles. The van der Waals surface area contributed by atoms with Crippen LogP contribution < -0.4 is 14.6 Å². The van der Waals surface area contributed by atoms with Gasteiger partial charge >= 0.3 is 6.18 Å². The zero-order valence-corrected chi connectivity index (χ0v) is 15.2. The smallest absolute Gasteiger partial charge is 0.419 e. The van der Waals surface area contributed by atoms with Crippen molar-refractivity contribution in [3.05, 3.63) is 58.3 Å². The first kappa shape index (κ1) is 20.4. The van der Waals surface area contributed by atoms with E-state index in [2.05, 4.69) is 4.98 Å². The number of nitro groups is 1. The number of carbonyl (C=O) groups excluding carboxylic acids is 1. The highest BCUT2D eigenvalue weighted by atomic mass is 19.4. The molecule has 0 spiro atoms. The fraction of sp³-hybridized carbons (Fsp3) is 0.333. The summed E-state index contributed by atoms with van der Waals surface area (Å²) in [4.78, 5) is 28.5. The van der Waals surface area contributed by atoms with Gasteiger partial charge in [0, 0.05) is 18.2 Å². The summed E-state index contributed by atoms with van der Waals surface area (Å²) in [5.74, 6) is 0.661. The summed E-state index contributed by atoms with van der Waals surface area (Å²) in [7, 11) is 0. The van der Waals surface area contributed by atoms with Crippen LogP contribution in [0.4, 0.5) is 24.7 Å². The summed E-state index contributed by atoms with van der Waals surface area (Å²) in [6.07, 6.45) is -3.48. The van der Waals surface area contributed by atoms with Crippen molar-refractivity contribution in [2.24, 2.45) is 0 Å². The zero-order chi connectivity index (χ0) is 21.0. The Morgan fingerprint density at radius 1 is 1.10 bits per heavy atom. The molecule has 2 heterocycles. The number of nitrogens with one attached hydrogen (secondary N) is 1. The molecule has 1 aliphatic rings. The molecule has 1 aromatic heterocycles. The van der Waals surface area contributed by atoms with E-state index in [0.29, 0.717) is 37.7 Å². The fourth-order valence-electron chi connectivity index (χ4n) is 2.89. The molecule has 0 radical (unpaired) electrons. The Morgan fingerprint density at radius 2 is 1.76 bits per heavy atom. The van der Waals surface area contributed by atoms with E-state index in [1.807, 2.05) is 4.90 Å². The Kier molecular flexibility index (Phi) is 5.85. The zero-order valence-electron chi connectivity index (χ0n) is 15.2. The molecule has 0 saturated carbocycles. The maximum absolute atomic E-state index is 12.6. The van der Waals surface area contributed by atoms with E-state index in [4.69, 9.17) is 4.74 Å². The number of halogens is 3. The first-order chi connectivity index (χ1) is 13.7. The number of benzene rings is 1. The standard InChI is InChI=1S/C18H17F3N4O4/c19-18(20,21)13-1-6-16(22-11-13)23-7-9-24(10-8-23)17(26)12-29-15-4-2-14(3-5-15)25(27)28/h1-6,11H,7-10,12H2/p+1. The Labute approximate surface area is 163 Å². The van der Waals surface area contributed by atoms with Crippen LogP contribution in [0.5, 0.6) is 5.75 Å². The van der Waals surface area contributed by atoms with Crippen LogP contribution >= 0.6 is 0 Å². The van der Waals surface area contributed by atoms with Crippen LogP contribution in [0.3, 0.4) is 0 Å². The molecule has 1 N–H and O–H groups in total. The second-order valence-corrected chi connectivity index (χ2v) is 6.37. The highest BCUT2D eigenvalue weighted by molar-refractivity contribution is 5.78. The van der Waals surface area contributed by atoms with Gasteiger partial charge in [-0.2, -0.15) is 13.2 Å². The number of alkyl halides is 3. The quantitative estimate of drug-likeness (QED) is 0.556. The number of carbonyl (C=O) groups is 1. The number of aromatic nitrogens is 1. The minimum absolute atomic E-state index is 0.0696. The molecule has 29 heavy (non-hydrogen) atoms. The second kappa shape index (κ2) is 8.33. The third kappa shape index (κ3) is 5.12. The van der Waals surface area contributed by atoms with E-state index >= 15 is 0 Å². The van der Waals surface area contributed by atoms with Crippen LogP contribution in [0.1, 0.15) is 5.56 Å². The van der Waals surface area contributed by atoms with Crippen molar-refractivity contribution >= 4 is 17.4 Å². The van der Waals surface area contributed by atoms with Crippen molar-refractivity contribution in [3.8, 4) is 5.75 Å². The Morgan fingerprint density at radius 3 is 2.28 bits per heavy atom. The predicted octanol–water partition coefficient (Wildman–Crippen LogP) is 2.16. The van der Waals surface area contributed by atoms with Gasteiger partial charge in [0.25, 0.3) is 17.4 Å². The normalized spacial score (nSPS) is 14.6. The average molecular weight is 411 g/mol. The van der Waals surface area contributed by atoms with Crippen molar-refractivity contribution in [3.63, 3.8) is 0 Å². The first-order valence-corrected chi connectivity index (χ1v) is 8.73. The van der Waals surface area contributed by atoms with Gasteiger partial charge in [0.2, 0.25) is 0 Å². The molecule has 3 rings (SSSR count). The van der Waals surface area contributed by atoms with E-state index < -0.39 is 16.7 Å². The van der Waals surface area contributed by atoms with E-state index in [9.17, 15) is 28.1 Å². The maximum atomic E-state index is 12.6. The number of ether oxygens (including phenoxy) is 1. The lowest BCUT2D eigenvalue weighted by Gasteiger charge is -2.31. The van der Waals surface area contributed by atoms with E-state index in [-0.39, 0.29) is 18.2 Å². The van der Waals surface area contributed by atoms with Gasteiger partial charge in [0.05, 0.1) is 23.6 Å². The summed E-state index contributed by atoms with van der Waals surface area (Å²) < 4.78 is 43.3. The minimum atomic E-state index is -4.40. The van der Waals surface area contributed by atoms with E-state index in [0.717, 1.165) is 12.3 Å². The number of nitrogens with zero attached hydrogens (tertiary/aromatic N) is 3. The fourth-order valence-corrected chi connectivity index (χ4v) is 2.89. The molecular weight excluding hydrogens is 393 g/mol. The maximum Gasteiger partial charge on any atom is 0.419 e. The number of hydrogen-bond acceptors (Lipinski definition) is 5. The van der Waals surface area contributed by atoms with Crippen molar-refractivity contribution in [1.82, 2.24) is 4.90 Å². The Bertz CT molecular complexity index is 864. The van der Waals surface area contributed by atoms with E-state index in [1.54, 1.807) is 4.90 Å². The largest absolute Gasteiger partial charge is 0.484 e. The number of anilines is 1. The number of piperazine rings is 1. The van der Waals surface area contributed by atoms with Gasteiger partial charge in [0.1, 0.15) is 25.0 Å². The van der Waals surface area contributed by atoms with Crippen molar-refractivity contribution in [2.75, 3.05) is 37.7 Å². The number of aromatic amines is 1. The minimum Gasteiger partial charge on any atom is -0.484 e. The number of nitro benzene ring substituents is 1. The highest BCUT2D eigenvalue weighted by Gasteiger charge is 2.33. The Hall–Kier alpha value is -3.37. The molecular formula is C18H18F3N4O4+. The number of H-pyrrole nitrogens is 1.